The van der Waals surface area contributed by atoms with Gasteiger partial charge in [-0.2, -0.15) is 0 Å². The van der Waals surface area contributed by atoms with Crippen LogP contribution in [-0.2, 0) is 4.74 Å². The van der Waals surface area contributed by atoms with E-state index in [1.807, 2.05) is 30.3 Å². The first-order valence-corrected chi connectivity index (χ1v) is 12.8. The third kappa shape index (κ3) is 5.83. The van der Waals surface area contributed by atoms with Gasteiger partial charge in [0.1, 0.15) is 12.4 Å². The van der Waals surface area contributed by atoms with Crippen molar-refractivity contribution in [3.63, 3.8) is 0 Å². The van der Waals surface area contributed by atoms with E-state index in [1.54, 1.807) is 12.4 Å². The fraction of sp³-hybridized carbons (Fsp3) is 0.333. The van der Waals surface area contributed by atoms with Gasteiger partial charge in [0.25, 0.3) is 0 Å². The summed E-state index contributed by atoms with van der Waals surface area (Å²) < 4.78 is 12.5. The lowest BCUT2D eigenvalue weighted by atomic mass is 9.91. The van der Waals surface area contributed by atoms with Gasteiger partial charge in [-0.25, -0.2) is 9.97 Å². The van der Waals surface area contributed by atoms with Crippen LogP contribution in [0.3, 0.4) is 0 Å². The summed E-state index contributed by atoms with van der Waals surface area (Å²) in [4.78, 5) is 13.7. The molecule has 8 heteroatoms. The summed E-state index contributed by atoms with van der Waals surface area (Å²) in [5, 5.41) is 0. The van der Waals surface area contributed by atoms with Crippen LogP contribution in [0.2, 0.25) is 0 Å². The maximum Gasteiger partial charge on any atom is 0.226 e. The Kier molecular flexibility index (Phi) is 7.61. The summed E-state index contributed by atoms with van der Waals surface area (Å²) in [6, 6.07) is 16.2. The maximum atomic E-state index is 6.34. The molecule has 1 fully saturated rings. The maximum absolute atomic E-state index is 6.34. The number of anilines is 2. The van der Waals surface area contributed by atoms with E-state index in [2.05, 4.69) is 60.0 Å². The summed E-state index contributed by atoms with van der Waals surface area (Å²) in [6.07, 6.45) is 6.72. The van der Waals surface area contributed by atoms with Crippen molar-refractivity contribution >= 4 is 33.1 Å². The molecular formula is C27H30BrN5O2. The molecule has 0 bridgehead atoms. The normalized spacial score (nSPS) is 18.8. The highest BCUT2D eigenvalue weighted by molar-refractivity contribution is 9.10. The van der Waals surface area contributed by atoms with Gasteiger partial charge in [0.05, 0.1) is 19.3 Å². The lowest BCUT2D eigenvalue weighted by Gasteiger charge is -2.35. The molecule has 35 heavy (non-hydrogen) atoms. The third-order valence-corrected chi connectivity index (χ3v) is 6.98. The molecule has 7 nitrogen and oxygen atoms in total. The molecule has 0 aliphatic carbocycles. The third-order valence-electron chi connectivity index (χ3n) is 6.49. The number of ether oxygens (including phenoxy) is 2. The average molecular weight is 536 g/mol. The van der Waals surface area contributed by atoms with Crippen LogP contribution in [0.5, 0.6) is 5.75 Å². The molecule has 1 atom stereocenters. The number of halogens is 1. The molecule has 182 valence electrons. The lowest BCUT2D eigenvalue weighted by molar-refractivity contribution is 0.0322. The van der Waals surface area contributed by atoms with Crippen LogP contribution in [0.15, 0.2) is 71.5 Å². The van der Waals surface area contributed by atoms with Crippen molar-refractivity contribution in [2.45, 2.75) is 12.5 Å². The van der Waals surface area contributed by atoms with Crippen LogP contribution < -0.4 is 15.4 Å². The zero-order valence-corrected chi connectivity index (χ0v) is 21.2. The summed E-state index contributed by atoms with van der Waals surface area (Å²) in [7, 11) is 0. The molecule has 0 saturated carbocycles. The van der Waals surface area contributed by atoms with Crippen molar-refractivity contribution in [1.29, 1.82) is 0 Å². The predicted molar refractivity (Wildman–Crippen MR) is 142 cm³/mol. The van der Waals surface area contributed by atoms with Gasteiger partial charge in [0.2, 0.25) is 5.95 Å². The van der Waals surface area contributed by atoms with Crippen LogP contribution in [-0.4, -0.2) is 60.9 Å². The van der Waals surface area contributed by atoms with Gasteiger partial charge in [0, 0.05) is 54.3 Å². The highest BCUT2D eigenvalue weighted by Crippen LogP contribution is 2.38. The second-order valence-electron chi connectivity index (χ2n) is 8.73. The Hall–Kier alpha value is -2.94. The Morgan fingerprint density at radius 3 is 2.57 bits per heavy atom. The molecule has 2 aliphatic rings. The molecule has 1 saturated heterocycles. The predicted octanol–water partition coefficient (Wildman–Crippen LogP) is 4.57. The van der Waals surface area contributed by atoms with Gasteiger partial charge in [-0.15, -0.1) is 0 Å². The summed E-state index contributed by atoms with van der Waals surface area (Å²) in [5.74, 6) is 1.60. The quantitative estimate of drug-likeness (QED) is 0.444. The van der Waals surface area contributed by atoms with Crippen molar-refractivity contribution < 1.29 is 9.47 Å². The van der Waals surface area contributed by atoms with Crippen LogP contribution in [0.25, 0.3) is 5.57 Å². The van der Waals surface area contributed by atoms with Crippen LogP contribution in [0.4, 0.5) is 11.6 Å². The summed E-state index contributed by atoms with van der Waals surface area (Å²) in [6.45, 7) is 5.92. The van der Waals surface area contributed by atoms with Crippen LogP contribution in [0, 0.1) is 0 Å². The van der Waals surface area contributed by atoms with Gasteiger partial charge in [-0.3, -0.25) is 4.90 Å². The summed E-state index contributed by atoms with van der Waals surface area (Å²) >= 11 is 3.59. The molecule has 1 aromatic heterocycles. The minimum absolute atomic E-state index is 0.0121. The monoisotopic (exact) mass is 535 g/mol. The van der Waals surface area contributed by atoms with Gasteiger partial charge in [-0.1, -0.05) is 34.1 Å². The van der Waals surface area contributed by atoms with Crippen LogP contribution in [0.1, 0.15) is 23.6 Å². The van der Waals surface area contributed by atoms with E-state index in [0.717, 1.165) is 78.8 Å². The molecule has 3 aromatic rings. The highest BCUT2D eigenvalue weighted by atomic mass is 79.9. The molecule has 2 aliphatic heterocycles. The fourth-order valence-corrected chi connectivity index (χ4v) is 4.95. The Labute approximate surface area is 214 Å². The zero-order valence-electron chi connectivity index (χ0n) is 19.6. The Bertz CT molecular complexity index is 1150. The number of rotatable bonds is 7. The van der Waals surface area contributed by atoms with Gasteiger partial charge < -0.3 is 20.1 Å². The number of benzene rings is 2. The number of hydrogen-bond donors (Lipinski definition) is 1. The largest absolute Gasteiger partial charge is 0.492 e. The molecule has 0 radical (unpaired) electrons. The number of nitrogens with zero attached hydrogens (tertiary/aromatic N) is 4. The molecule has 3 heterocycles. The lowest BCUT2D eigenvalue weighted by Crippen LogP contribution is -2.38. The van der Waals surface area contributed by atoms with E-state index in [0.29, 0.717) is 6.61 Å². The van der Waals surface area contributed by atoms with Gasteiger partial charge in [0.15, 0.2) is 0 Å². The van der Waals surface area contributed by atoms with Crippen molar-refractivity contribution in [1.82, 2.24) is 14.9 Å². The molecule has 2 aromatic carbocycles. The second-order valence-corrected chi connectivity index (χ2v) is 9.65. The zero-order chi connectivity index (χ0) is 24.0. The van der Waals surface area contributed by atoms with E-state index in [1.165, 1.54) is 5.57 Å². The van der Waals surface area contributed by atoms with E-state index in [9.17, 15) is 0 Å². The minimum Gasteiger partial charge on any atom is -0.492 e. The smallest absolute Gasteiger partial charge is 0.226 e. The standard InChI is InChI=1S/C27H30BrN5O2/c28-22-4-7-25(29)24(19-22)21-8-11-33(27-30-9-1-10-31-27)26(18-21)20-2-5-23(6-3-20)35-17-14-32-12-15-34-16-13-32/h1-7,9-10,18-19,26H,8,11-17,29H2. The van der Waals surface area contributed by atoms with Crippen molar-refractivity contribution in [3.8, 4) is 5.75 Å². The summed E-state index contributed by atoms with van der Waals surface area (Å²) in [5.41, 5.74) is 10.6. The molecular weight excluding hydrogens is 506 g/mol. The molecule has 0 amide bonds. The van der Waals surface area contributed by atoms with E-state index in [4.69, 9.17) is 15.2 Å². The molecule has 0 spiro atoms. The van der Waals surface area contributed by atoms with Crippen LogP contribution >= 0.6 is 15.9 Å². The number of morpholine rings is 1. The fourth-order valence-electron chi connectivity index (χ4n) is 4.59. The van der Waals surface area contributed by atoms with Gasteiger partial charge in [-0.05, 0) is 54.0 Å². The van der Waals surface area contributed by atoms with E-state index < -0.39 is 0 Å². The Morgan fingerprint density at radius 2 is 1.80 bits per heavy atom. The second kappa shape index (κ2) is 11.2. The molecule has 5 rings (SSSR count). The first-order chi connectivity index (χ1) is 17.2. The molecule has 1 unspecified atom stereocenters. The first-order valence-electron chi connectivity index (χ1n) is 12.0. The average Bonchev–Trinajstić information content (AvgIpc) is 2.91. The SMILES string of the molecule is Nc1ccc(Br)cc1C1=CC(c2ccc(OCCN3CCOCC3)cc2)N(c2ncccn2)CC1. The number of aromatic nitrogens is 2. The number of hydrogen-bond acceptors (Lipinski definition) is 7. The minimum atomic E-state index is -0.0121. The van der Waals surface area contributed by atoms with Crippen molar-refractivity contribution in [3.05, 3.63) is 82.6 Å². The van der Waals surface area contributed by atoms with Crippen molar-refractivity contribution in [2.24, 2.45) is 0 Å². The number of nitrogen functional groups attached to an aromatic ring is 1. The van der Waals surface area contributed by atoms with Gasteiger partial charge >= 0.3 is 0 Å². The topological polar surface area (TPSA) is 76.7 Å². The number of nitrogens with two attached hydrogens (primary N) is 1. The Balaban J connectivity index is 1.36. The Morgan fingerprint density at radius 1 is 1.03 bits per heavy atom. The van der Waals surface area contributed by atoms with Crippen molar-refractivity contribution in [2.75, 3.05) is 56.6 Å². The van der Waals surface area contributed by atoms with E-state index in [-0.39, 0.29) is 6.04 Å². The first kappa shape index (κ1) is 23.8. The molecule has 2 N–H and O–H groups in total. The van der Waals surface area contributed by atoms with E-state index >= 15 is 0 Å². The highest BCUT2D eigenvalue weighted by Gasteiger charge is 2.27.